The van der Waals surface area contributed by atoms with E-state index in [4.69, 9.17) is 10.5 Å². The van der Waals surface area contributed by atoms with Crippen LogP contribution in [0.3, 0.4) is 0 Å². The molecule has 2 rings (SSSR count). The maximum absolute atomic E-state index is 5.85. The van der Waals surface area contributed by atoms with Crippen molar-refractivity contribution in [2.45, 2.75) is 19.4 Å². The second kappa shape index (κ2) is 7.78. The van der Waals surface area contributed by atoms with Crippen LogP contribution in [0.5, 0.6) is 5.75 Å². The molecule has 21 heavy (non-hydrogen) atoms. The zero-order valence-electron chi connectivity index (χ0n) is 13.6. The van der Waals surface area contributed by atoms with Gasteiger partial charge >= 0.3 is 0 Å². The number of likely N-dealkylation sites (N-methyl/N-ethyl adjacent to an activating group) is 1. The van der Waals surface area contributed by atoms with Crippen molar-refractivity contribution in [1.29, 1.82) is 0 Å². The van der Waals surface area contributed by atoms with Gasteiger partial charge in [0.05, 0.1) is 0 Å². The van der Waals surface area contributed by atoms with Crippen molar-refractivity contribution in [3.8, 4) is 5.75 Å². The zero-order chi connectivity index (χ0) is 15.2. The van der Waals surface area contributed by atoms with Crippen LogP contribution in [0.4, 0.5) is 0 Å². The maximum Gasteiger partial charge on any atom is 0.119 e. The Balaban J connectivity index is 1.72. The van der Waals surface area contributed by atoms with Gasteiger partial charge in [0.25, 0.3) is 0 Å². The van der Waals surface area contributed by atoms with E-state index in [0.717, 1.165) is 37.8 Å². The SMILES string of the molecule is CC1CN(CCOc2ccc(CCN)cc2)CC1N(C)C. The Morgan fingerprint density at radius 2 is 1.95 bits per heavy atom. The summed E-state index contributed by atoms with van der Waals surface area (Å²) in [5, 5.41) is 0. The lowest BCUT2D eigenvalue weighted by Crippen LogP contribution is -2.35. The fraction of sp³-hybridized carbons (Fsp3) is 0.647. The smallest absolute Gasteiger partial charge is 0.119 e. The average Bonchev–Trinajstić information content (AvgIpc) is 2.82. The summed E-state index contributed by atoms with van der Waals surface area (Å²) in [6.07, 6.45) is 0.928. The Labute approximate surface area is 128 Å². The summed E-state index contributed by atoms with van der Waals surface area (Å²) >= 11 is 0. The molecule has 1 aromatic rings. The van der Waals surface area contributed by atoms with Crippen LogP contribution in [-0.2, 0) is 6.42 Å². The highest BCUT2D eigenvalue weighted by Gasteiger charge is 2.30. The van der Waals surface area contributed by atoms with Crippen LogP contribution in [0.2, 0.25) is 0 Å². The molecule has 1 fully saturated rings. The van der Waals surface area contributed by atoms with Gasteiger partial charge in [-0.1, -0.05) is 19.1 Å². The zero-order valence-corrected chi connectivity index (χ0v) is 13.6. The Bertz CT molecular complexity index is 419. The first-order chi connectivity index (χ1) is 10.1. The Hall–Kier alpha value is -1.10. The monoisotopic (exact) mass is 291 g/mol. The van der Waals surface area contributed by atoms with E-state index in [2.05, 4.69) is 43.0 Å². The summed E-state index contributed by atoms with van der Waals surface area (Å²) in [6.45, 7) is 7.10. The molecule has 0 saturated carbocycles. The largest absolute Gasteiger partial charge is 0.492 e. The van der Waals surface area contributed by atoms with Gasteiger partial charge in [-0.15, -0.1) is 0 Å². The Morgan fingerprint density at radius 3 is 2.52 bits per heavy atom. The van der Waals surface area contributed by atoms with Gasteiger partial charge in [0.1, 0.15) is 12.4 Å². The first-order valence-electron chi connectivity index (χ1n) is 7.90. The molecular formula is C17H29N3O. The molecule has 1 saturated heterocycles. The van der Waals surface area contributed by atoms with Crippen molar-refractivity contribution in [2.75, 3.05) is 46.9 Å². The third-order valence-electron chi connectivity index (χ3n) is 4.34. The minimum atomic E-state index is 0.667. The number of likely N-dealkylation sites (tertiary alicyclic amines) is 1. The summed E-state index contributed by atoms with van der Waals surface area (Å²) in [4.78, 5) is 4.83. The van der Waals surface area contributed by atoms with Crippen LogP contribution in [0.25, 0.3) is 0 Å². The van der Waals surface area contributed by atoms with Crippen LogP contribution < -0.4 is 10.5 Å². The predicted molar refractivity (Wildman–Crippen MR) is 87.8 cm³/mol. The van der Waals surface area contributed by atoms with Gasteiger partial charge in [-0.05, 0) is 50.7 Å². The third kappa shape index (κ3) is 4.70. The lowest BCUT2D eigenvalue weighted by molar-refractivity contribution is 0.220. The molecule has 0 bridgehead atoms. The first kappa shape index (κ1) is 16.3. The number of nitrogens with zero attached hydrogens (tertiary/aromatic N) is 2. The lowest BCUT2D eigenvalue weighted by Gasteiger charge is -2.22. The van der Waals surface area contributed by atoms with Crippen LogP contribution in [0, 0.1) is 5.92 Å². The topological polar surface area (TPSA) is 41.7 Å². The fourth-order valence-electron chi connectivity index (χ4n) is 3.11. The molecule has 1 aromatic carbocycles. The van der Waals surface area contributed by atoms with Crippen molar-refractivity contribution in [2.24, 2.45) is 11.7 Å². The van der Waals surface area contributed by atoms with Crippen molar-refractivity contribution in [1.82, 2.24) is 9.80 Å². The number of rotatable bonds is 7. The van der Waals surface area contributed by atoms with E-state index in [0.29, 0.717) is 12.6 Å². The number of ether oxygens (including phenoxy) is 1. The van der Waals surface area contributed by atoms with Gasteiger partial charge in [0.2, 0.25) is 0 Å². The molecule has 1 aliphatic rings. The normalized spacial score (nSPS) is 22.9. The second-order valence-corrected chi connectivity index (χ2v) is 6.30. The molecule has 0 amide bonds. The number of hydrogen-bond donors (Lipinski definition) is 1. The minimum Gasteiger partial charge on any atom is -0.492 e. The van der Waals surface area contributed by atoms with Crippen LogP contribution in [0.1, 0.15) is 12.5 Å². The Morgan fingerprint density at radius 1 is 1.24 bits per heavy atom. The van der Waals surface area contributed by atoms with Gasteiger partial charge in [-0.3, -0.25) is 4.90 Å². The molecule has 0 spiro atoms. The molecule has 1 aliphatic heterocycles. The van der Waals surface area contributed by atoms with E-state index >= 15 is 0 Å². The van der Waals surface area contributed by atoms with Crippen LogP contribution in [0.15, 0.2) is 24.3 Å². The van der Waals surface area contributed by atoms with Gasteiger partial charge in [0, 0.05) is 25.7 Å². The van der Waals surface area contributed by atoms with Gasteiger partial charge in [-0.2, -0.15) is 0 Å². The quantitative estimate of drug-likeness (QED) is 0.825. The van der Waals surface area contributed by atoms with E-state index in [1.165, 1.54) is 12.1 Å². The highest BCUT2D eigenvalue weighted by Crippen LogP contribution is 2.19. The molecule has 0 aromatic heterocycles. The minimum absolute atomic E-state index is 0.667. The van der Waals surface area contributed by atoms with Crippen LogP contribution in [-0.4, -0.2) is 62.7 Å². The molecule has 118 valence electrons. The van der Waals surface area contributed by atoms with Crippen molar-refractivity contribution in [3.63, 3.8) is 0 Å². The highest BCUT2D eigenvalue weighted by atomic mass is 16.5. The summed E-state index contributed by atoms with van der Waals surface area (Å²) in [5.74, 6) is 1.68. The summed E-state index contributed by atoms with van der Waals surface area (Å²) in [6, 6.07) is 8.95. The van der Waals surface area contributed by atoms with Crippen molar-refractivity contribution < 1.29 is 4.74 Å². The number of benzene rings is 1. The molecule has 2 unspecified atom stereocenters. The van der Waals surface area contributed by atoms with E-state index in [1.54, 1.807) is 0 Å². The molecule has 0 radical (unpaired) electrons. The van der Waals surface area contributed by atoms with E-state index in [-0.39, 0.29) is 0 Å². The van der Waals surface area contributed by atoms with E-state index < -0.39 is 0 Å². The summed E-state index contributed by atoms with van der Waals surface area (Å²) < 4.78 is 5.85. The first-order valence-corrected chi connectivity index (χ1v) is 7.90. The average molecular weight is 291 g/mol. The summed E-state index contributed by atoms with van der Waals surface area (Å²) in [5.41, 5.74) is 6.82. The van der Waals surface area contributed by atoms with Gasteiger partial charge in [-0.25, -0.2) is 0 Å². The molecule has 2 atom stereocenters. The third-order valence-corrected chi connectivity index (χ3v) is 4.34. The second-order valence-electron chi connectivity index (χ2n) is 6.30. The van der Waals surface area contributed by atoms with Crippen molar-refractivity contribution in [3.05, 3.63) is 29.8 Å². The molecule has 0 aliphatic carbocycles. The van der Waals surface area contributed by atoms with Gasteiger partial charge in [0.15, 0.2) is 0 Å². The highest BCUT2D eigenvalue weighted by molar-refractivity contribution is 5.27. The standard InChI is InChI=1S/C17H29N3O/c1-14-12-20(13-17(14)19(2)3)10-11-21-16-6-4-15(5-7-16)8-9-18/h4-7,14,17H,8-13,18H2,1-3H3. The molecule has 2 N–H and O–H groups in total. The maximum atomic E-state index is 5.85. The molecule has 4 nitrogen and oxygen atoms in total. The predicted octanol–water partition coefficient (Wildman–Crippen LogP) is 1.45. The van der Waals surface area contributed by atoms with Gasteiger partial charge < -0.3 is 15.4 Å². The lowest BCUT2D eigenvalue weighted by atomic mass is 10.1. The van der Waals surface area contributed by atoms with E-state index in [1.807, 2.05) is 12.1 Å². The molecule has 1 heterocycles. The van der Waals surface area contributed by atoms with E-state index in [9.17, 15) is 0 Å². The Kier molecular flexibility index (Phi) is 6.03. The number of nitrogens with two attached hydrogens (primary N) is 1. The number of hydrogen-bond acceptors (Lipinski definition) is 4. The molecular weight excluding hydrogens is 262 g/mol. The fourth-order valence-corrected chi connectivity index (χ4v) is 3.11. The summed E-state index contributed by atoms with van der Waals surface area (Å²) in [7, 11) is 4.34. The van der Waals surface area contributed by atoms with Crippen LogP contribution >= 0.6 is 0 Å². The molecule has 4 heteroatoms. The van der Waals surface area contributed by atoms with Crippen molar-refractivity contribution >= 4 is 0 Å².